The second kappa shape index (κ2) is 4.87. The van der Waals surface area contributed by atoms with E-state index < -0.39 is 16.9 Å². The Hall–Kier alpha value is -1.12. The summed E-state index contributed by atoms with van der Waals surface area (Å²) < 4.78 is 25.7. The standard InChI is InChI=1S/C10H16BN3O3S/c1-11(15)14-3-4-18(16,17)10(7-14)5-9-6-13(2)8-12-9/h5-6,8,15H,3-4,7H2,1-2H3/b10-5-. The molecule has 1 aromatic heterocycles. The second-order valence-electron chi connectivity index (χ2n) is 4.50. The van der Waals surface area contributed by atoms with E-state index in [4.69, 9.17) is 0 Å². The van der Waals surface area contributed by atoms with Gasteiger partial charge in [-0.15, -0.1) is 0 Å². The highest BCUT2D eigenvalue weighted by Crippen LogP contribution is 2.19. The third kappa shape index (κ3) is 2.82. The van der Waals surface area contributed by atoms with Crippen molar-refractivity contribution in [3.8, 4) is 0 Å². The van der Waals surface area contributed by atoms with Gasteiger partial charge in [-0.25, -0.2) is 13.4 Å². The summed E-state index contributed by atoms with van der Waals surface area (Å²) in [6.45, 7) is 2.23. The van der Waals surface area contributed by atoms with Gasteiger partial charge in [0.05, 0.1) is 22.7 Å². The minimum absolute atomic E-state index is 0.0383. The smallest absolute Gasteiger partial charge is 0.376 e. The van der Waals surface area contributed by atoms with Crippen LogP contribution >= 0.6 is 0 Å². The Balaban J connectivity index is 2.30. The van der Waals surface area contributed by atoms with Crippen LogP contribution in [0.2, 0.25) is 6.82 Å². The Morgan fingerprint density at radius 1 is 1.56 bits per heavy atom. The molecular formula is C10H16BN3O3S. The Bertz CT molecular complexity index is 565. The van der Waals surface area contributed by atoms with Gasteiger partial charge in [0.15, 0.2) is 9.84 Å². The Kier molecular flexibility index (Phi) is 3.60. The predicted molar refractivity (Wildman–Crippen MR) is 70.4 cm³/mol. The quantitative estimate of drug-likeness (QED) is 0.739. The molecule has 0 saturated carbocycles. The first-order valence-electron chi connectivity index (χ1n) is 5.72. The van der Waals surface area contributed by atoms with E-state index in [1.165, 1.54) is 0 Å². The molecule has 0 aromatic carbocycles. The van der Waals surface area contributed by atoms with E-state index >= 15 is 0 Å². The van der Waals surface area contributed by atoms with Crippen LogP contribution in [0.4, 0.5) is 0 Å². The summed E-state index contributed by atoms with van der Waals surface area (Å²) in [6, 6.07) is 0. The molecule has 1 aromatic rings. The van der Waals surface area contributed by atoms with Crippen molar-refractivity contribution in [3.05, 3.63) is 23.1 Å². The van der Waals surface area contributed by atoms with Crippen molar-refractivity contribution in [2.24, 2.45) is 7.05 Å². The van der Waals surface area contributed by atoms with Gasteiger partial charge in [0, 0.05) is 26.3 Å². The average molecular weight is 269 g/mol. The van der Waals surface area contributed by atoms with Crippen LogP contribution in [0.25, 0.3) is 6.08 Å². The van der Waals surface area contributed by atoms with E-state index in [2.05, 4.69) is 4.98 Å². The van der Waals surface area contributed by atoms with Gasteiger partial charge >= 0.3 is 7.05 Å². The third-order valence-corrected chi connectivity index (χ3v) is 4.73. The lowest BCUT2D eigenvalue weighted by molar-refractivity contribution is 0.398. The summed E-state index contributed by atoms with van der Waals surface area (Å²) >= 11 is 0. The molecule has 1 N–H and O–H groups in total. The van der Waals surface area contributed by atoms with E-state index in [1.807, 2.05) is 7.05 Å². The highest BCUT2D eigenvalue weighted by Gasteiger charge is 2.30. The lowest BCUT2D eigenvalue weighted by atomic mass is 9.85. The van der Waals surface area contributed by atoms with Crippen molar-refractivity contribution < 1.29 is 13.4 Å². The van der Waals surface area contributed by atoms with Crippen molar-refractivity contribution in [1.82, 2.24) is 14.4 Å². The molecular weight excluding hydrogens is 253 g/mol. The minimum Gasteiger partial charge on any atom is -0.437 e. The van der Waals surface area contributed by atoms with Crippen LogP contribution in [0.1, 0.15) is 5.69 Å². The molecule has 0 radical (unpaired) electrons. The fourth-order valence-corrected chi connectivity index (χ4v) is 3.27. The molecule has 6 nitrogen and oxygen atoms in total. The van der Waals surface area contributed by atoms with Gasteiger partial charge in [0.25, 0.3) is 0 Å². The SMILES string of the molecule is CB(O)N1CCS(=O)(=O)/C(=C\c2cn(C)cn2)C1. The maximum Gasteiger partial charge on any atom is 0.376 e. The molecule has 0 bridgehead atoms. The van der Waals surface area contributed by atoms with Gasteiger partial charge in [-0.2, -0.15) is 0 Å². The molecule has 98 valence electrons. The van der Waals surface area contributed by atoms with Gasteiger partial charge in [-0.1, -0.05) is 0 Å². The summed E-state index contributed by atoms with van der Waals surface area (Å²) in [4.78, 5) is 6.12. The molecule has 0 atom stereocenters. The first-order valence-corrected chi connectivity index (χ1v) is 7.37. The maximum absolute atomic E-state index is 11.9. The highest BCUT2D eigenvalue weighted by molar-refractivity contribution is 7.95. The van der Waals surface area contributed by atoms with Crippen LogP contribution in [-0.2, 0) is 16.9 Å². The summed E-state index contributed by atoms with van der Waals surface area (Å²) in [5, 5.41) is 9.52. The number of aromatic nitrogens is 2. The van der Waals surface area contributed by atoms with E-state index in [0.717, 1.165) is 0 Å². The number of rotatable bonds is 2. The zero-order valence-electron chi connectivity index (χ0n) is 10.4. The normalized spacial score (nSPS) is 22.3. The largest absolute Gasteiger partial charge is 0.437 e. The molecule has 1 fully saturated rings. The predicted octanol–water partition coefficient (Wildman–Crippen LogP) is -0.398. The van der Waals surface area contributed by atoms with E-state index in [1.54, 1.807) is 34.8 Å². The van der Waals surface area contributed by atoms with E-state index in [-0.39, 0.29) is 12.3 Å². The highest BCUT2D eigenvalue weighted by atomic mass is 32.2. The number of hydrogen-bond donors (Lipinski definition) is 1. The number of aryl methyl sites for hydroxylation is 1. The van der Waals surface area contributed by atoms with Gasteiger partial charge in [0.1, 0.15) is 0 Å². The topological polar surface area (TPSA) is 75.4 Å². The Morgan fingerprint density at radius 2 is 2.28 bits per heavy atom. The maximum atomic E-state index is 11.9. The molecule has 0 spiro atoms. The number of hydrogen-bond acceptors (Lipinski definition) is 5. The molecule has 1 aliphatic heterocycles. The zero-order valence-corrected chi connectivity index (χ0v) is 11.3. The lowest BCUT2D eigenvalue weighted by Gasteiger charge is -2.29. The van der Waals surface area contributed by atoms with Crippen molar-refractivity contribution in [3.63, 3.8) is 0 Å². The third-order valence-electron chi connectivity index (χ3n) is 2.97. The van der Waals surface area contributed by atoms with Crippen LogP contribution in [0, 0.1) is 0 Å². The van der Waals surface area contributed by atoms with Crippen LogP contribution in [0.3, 0.4) is 0 Å². The van der Waals surface area contributed by atoms with Gasteiger partial charge in [-0.05, 0) is 12.9 Å². The lowest BCUT2D eigenvalue weighted by Crippen LogP contribution is -2.46. The molecule has 2 rings (SSSR count). The van der Waals surface area contributed by atoms with Gasteiger partial charge < -0.3 is 14.4 Å². The molecule has 1 saturated heterocycles. The average Bonchev–Trinajstić information content (AvgIpc) is 2.67. The van der Waals surface area contributed by atoms with Crippen molar-refractivity contribution in [2.75, 3.05) is 18.8 Å². The number of imidazole rings is 1. The first-order chi connectivity index (χ1) is 8.38. The van der Waals surface area contributed by atoms with Crippen LogP contribution in [0.5, 0.6) is 0 Å². The number of nitrogens with zero attached hydrogens (tertiary/aromatic N) is 3. The van der Waals surface area contributed by atoms with Gasteiger partial charge in [0.2, 0.25) is 0 Å². The summed E-state index contributed by atoms with van der Waals surface area (Å²) in [5.74, 6) is 0.0383. The zero-order chi connectivity index (χ0) is 13.3. The fraction of sp³-hybridized carbons (Fsp3) is 0.500. The molecule has 8 heteroatoms. The van der Waals surface area contributed by atoms with E-state index in [0.29, 0.717) is 17.1 Å². The molecule has 0 aliphatic carbocycles. The van der Waals surface area contributed by atoms with Crippen molar-refractivity contribution in [2.45, 2.75) is 6.82 Å². The van der Waals surface area contributed by atoms with Crippen LogP contribution in [-0.4, -0.2) is 53.7 Å². The molecule has 0 amide bonds. The molecule has 1 aliphatic rings. The second-order valence-corrected chi connectivity index (χ2v) is 6.66. The van der Waals surface area contributed by atoms with Crippen molar-refractivity contribution >= 4 is 23.0 Å². The van der Waals surface area contributed by atoms with E-state index in [9.17, 15) is 13.4 Å². The molecule has 2 heterocycles. The summed E-state index contributed by atoms with van der Waals surface area (Å²) in [7, 11) is -2.04. The minimum atomic E-state index is -3.22. The number of sulfone groups is 1. The molecule has 0 unspecified atom stereocenters. The summed E-state index contributed by atoms with van der Waals surface area (Å²) in [6.07, 6.45) is 4.95. The van der Waals surface area contributed by atoms with Crippen LogP contribution < -0.4 is 0 Å². The fourth-order valence-electron chi connectivity index (χ4n) is 1.87. The first kappa shape index (κ1) is 13.3. The van der Waals surface area contributed by atoms with Gasteiger partial charge in [-0.3, -0.25) is 0 Å². The van der Waals surface area contributed by atoms with Crippen molar-refractivity contribution in [1.29, 1.82) is 0 Å². The Labute approximate surface area is 107 Å². The monoisotopic (exact) mass is 269 g/mol. The Morgan fingerprint density at radius 3 is 2.83 bits per heavy atom. The molecule has 18 heavy (non-hydrogen) atoms. The van der Waals surface area contributed by atoms with Crippen LogP contribution in [0.15, 0.2) is 17.4 Å². The summed E-state index contributed by atoms with van der Waals surface area (Å²) in [5.41, 5.74) is 0.614.